The molecular formula is C25H26N6O2. The average molecular weight is 443 g/mol. The number of hydrogen-bond acceptors (Lipinski definition) is 6. The lowest BCUT2D eigenvalue weighted by Gasteiger charge is -2.09. The van der Waals surface area contributed by atoms with E-state index in [1.165, 1.54) is 12.0 Å². The number of hydrogen-bond donors (Lipinski definition) is 1. The van der Waals surface area contributed by atoms with E-state index >= 15 is 0 Å². The normalized spacial score (nSPS) is 13.4. The van der Waals surface area contributed by atoms with Gasteiger partial charge < -0.3 is 14.4 Å². The number of aromatic nitrogens is 5. The lowest BCUT2D eigenvalue weighted by molar-refractivity contribution is -0.116. The molecule has 0 aliphatic carbocycles. The van der Waals surface area contributed by atoms with Crippen LogP contribution in [0.3, 0.4) is 0 Å². The summed E-state index contributed by atoms with van der Waals surface area (Å²) >= 11 is 0. The molecule has 168 valence electrons. The number of anilines is 1. The van der Waals surface area contributed by atoms with Crippen LogP contribution in [-0.4, -0.2) is 30.8 Å². The van der Waals surface area contributed by atoms with Crippen LogP contribution in [0.5, 0.6) is 0 Å². The Balaban J connectivity index is 1.22. The number of benzene rings is 2. The van der Waals surface area contributed by atoms with E-state index < -0.39 is 0 Å². The van der Waals surface area contributed by atoms with Crippen LogP contribution in [0.2, 0.25) is 0 Å². The van der Waals surface area contributed by atoms with Crippen LogP contribution in [0.15, 0.2) is 53.1 Å². The number of nitrogens with zero attached hydrogens (tertiary/aromatic N) is 5. The molecule has 1 N–H and O–H groups in total. The van der Waals surface area contributed by atoms with Crippen LogP contribution < -0.4 is 5.32 Å². The van der Waals surface area contributed by atoms with Crippen LogP contribution in [0.25, 0.3) is 22.8 Å². The Kier molecular flexibility index (Phi) is 5.97. The molecule has 0 fully saturated rings. The molecular weight excluding hydrogens is 416 g/mol. The minimum absolute atomic E-state index is 0.109. The monoisotopic (exact) mass is 442 g/mol. The quantitative estimate of drug-likeness (QED) is 0.468. The maximum absolute atomic E-state index is 12.5. The van der Waals surface area contributed by atoms with Gasteiger partial charge in [0.2, 0.25) is 17.6 Å². The molecule has 0 radical (unpaired) electrons. The zero-order valence-corrected chi connectivity index (χ0v) is 18.6. The molecule has 1 amide bonds. The van der Waals surface area contributed by atoms with Gasteiger partial charge in [0.15, 0.2) is 5.82 Å². The number of rotatable bonds is 6. The highest BCUT2D eigenvalue weighted by Gasteiger charge is 2.17. The summed E-state index contributed by atoms with van der Waals surface area (Å²) in [6, 6.07) is 15.7. The molecule has 2 aromatic heterocycles. The van der Waals surface area contributed by atoms with Gasteiger partial charge in [-0.3, -0.25) is 4.79 Å². The second-order valence-corrected chi connectivity index (χ2v) is 8.41. The van der Waals surface area contributed by atoms with Crippen molar-refractivity contribution in [2.75, 3.05) is 5.32 Å². The summed E-state index contributed by atoms with van der Waals surface area (Å²) in [5.41, 5.74) is 3.74. The number of nitrogens with one attached hydrogen (secondary N) is 1. The number of carbonyl (C=O) groups is 1. The van der Waals surface area contributed by atoms with E-state index in [9.17, 15) is 4.79 Å². The summed E-state index contributed by atoms with van der Waals surface area (Å²) in [7, 11) is 0. The molecule has 1 aliphatic rings. The van der Waals surface area contributed by atoms with Gasteiger partial charge in [0, 0.05) is 42.6 Å². The van der Waals surface area contributed by atoms with Gasteiger partial charge in [-0.1, -0.05) is 53.5 Å². The van der Waals surface area contributed by atoms with Crippen molar-refractivity contribution in [3.05, 3.63) is 65.8 Å². The smallest absolute Gasteiger partial charge is 0.227 e. The third-order valence-corrected chi connectivity index (χ3v) is 5.86. The molecule has 1 aliphatic heterocycles. The molecule has 33 heavy (non-hydrogen) atoms. The zero-order chi connectivity index (χ0) is 22.6. The van der Waals surface area contributed by atoms with Crippen molar-refractivity contribution >= 4 is 11.6 Å². The SMILES string of the molecule is Cc1ccc(-c2noc(CCC(=O)Nc3cccc(-c4nnc5n4CCCCC5)c3)n2)cc1. The van der Waals surface area contributed by atoms with Crippen LogP contribution in [0.4, 0.5) is 5.69 Å². The summed E-state index contributed by atoms with van der Waals surface area (Å²) in [5.74, 6) is 2.77. The van der Waals surface area contributed by atoms with Crippen LogP contribution in [0.1, 0.15) is 43.0 Å². The number of fused-ring (bicyclic) bond motifs is 1. The first-order valence-electron chi connectivity index (χ1n) is 11.4. The summed E-state index contributed by atoms with van der Waals surface area (Å²) in [6.07, 6.45) is 5.09. The van der Waals surface area contributed by atoms with Crippen molar-refractivity contribution in [2.45, 2.75) is 52.0 Å². The topological polar surface area (TPSA) is 98.7 Å². The van der Waals surface area contributed by atoms with Gasteiger partial charge in [0.05, 0.1) is 0 Å². The highest BCUT2D eigenvalue weighted by molar-refractivity contribution is 5.91. The first-order chi connectivity index (χ1) is 16.2. The predicted octanol–water partition coefficient (Wildman–Crippen LogP) is 4.60. The molecule has 2 aromatic carbocycles. The van der Waals surface area contributed by atoms with E-state index in [-0.39, 0.29) is 12.3 Å². The number of carbonyl (C=O) groups excluding carboxylic acids is 1. The lowest BCUT2D eigenvalue weighted by Crippen LogP contribution is -2.12. The van der Waals surface area contributed by atoms with Crippen LogP contribution in [0, 0.1) is 6.92 Å². The molecule has 0 bridgehead atoms. The Morgan fingerprint density at radius 1 is 1.06 bits per heavy atom. The largest absolute Gasteiger partial charge is 0.339 e. The number of amides is 1. The van der Waals surface area contributed by atoms with Crippen molar-refractivity contribution in [3.63, 3.8) is 0 Å². The van der Waals surface area contributed by atoms with Gasteiger partial charge in [-0.05, 0) is 31.9 Å². The van der Waals surface area contributed by atoms with E-state index in [0.717, 1.165) is 54.3 Å². The van der Waals surface area contributed by atoms with E-state index in [4.69, 9.17) is 4.52 Å². The van der Waals surface area contributed by atoms with Gasteiger partial charge in [0.1, 0.15) is 5.82 Å². The molecule has 4 aromatic rings. The highest BCUT2D eigenvalue weighted by atomic mass is 16.5. The first-order valence-corrected chi connectivity index (χ1v) is 11.4. The summed E-state index contributed by atoms with van der Waals surface area (Å²) in [4.78, 5) is 17.0. The zero-order valence-electron chi connectivity index (χ0n) is 18.6. The molecule has 0 saturated heterocycles. The molecule has 5 rings (SSSR count). The van der Waals surface area contributed by atoms with E-state index in [1.807, 2.05) is 55.5 Å². The average Bonchev–Trinajstić information content (AvgIpc) is 3.39. The van der Waals surface area contributed by atoms with Crippen LogP contribution >= 0.6 is 0 Å². The molecule has 8 heteroatoms. The van der Waals surface area contributed by atoms with Crippen LogP contribution in [-0.2, 0) is 24.2 Å². The summed E-state index contributed by atoms with van der Waals surface area (Å²) in [6.45, 7) is 2.96. The number of aryl methyl sites for hydroxylation is 3. The first kappa shape index (κ1) is 21.1. The summed E-state index contributed by atoms with van der Waals surface area (Å²) < 4.78 is 7.53. The Hall–Kier alpha value is -3.81. The van der Waals surface area contributed by atoms with Gasteiger partial charge >= 0.3 is 0 Å². The molecule has 0 spiro atoms. The molecule has 0 atom stereocenters. The molecule has 3 heterocycles. The van der Waals surface area contributed by atoms with Gasteiger partial charge in [-0.25, -0.2) is 0 Å². The Morgan fingerprint density at radius 3 is 2.82 bits per heavy atom. The van der Waals surface area contributed by atoms with Crippen molar-refractivity contribution in [2.24, 2.45) is 0 Å². The Morgan fingerprint density at radius 2 is 1.94 bits per heavy atom. The lowest BCUT2D eigenvalue weighted by atomic mass is 10.1. The van der Waals surface area contributed by atoms with Crippen molar-refractivity contribution in [3.8, 4) is 22.8 Å². The van der Waals surface area contributed by atoms with Crippen molar-refractivity contribution < 1.29 is 9.32 Å². The second kappa shape index (κ2) is 9.36. The Bertz CT molecular complexity index is 1260. The van der Waals surface area contributed by atoms with Gasteiger partial charge in [-0.15, -0.1) is 10.2 Å². The second-order valence-electron chi connectivity index (χ2n) is 8.41. The molecule has 0 unspecified atom stereocenters. The van der Waals surface area contributed by atoms with E-state index in [0.29, 0.717) is 18.1 Å². The fourth-order valence-corrected chi connectivity index (χ4v) is 4.05. The third kappa shape index (κ3) is 4.84. The fraction of sp³-hybridized carbons (Fsp3) is 0.320. The highest BCUT2D eigenvalue weighted by Crippen LogP contribution is 2.25. The van der Waals surface area contributed by atoms with E-state index in [1.54, 1.807) is 0 Å². The van der Waals surface area contributed by atoms with E-state index in [2.05, 4.69) is 30.2 Å². The van der Waals surface area contributed by atoms with Crippen molar-refractivity contribution in [1.29, 1.82) is 0 Å². The molecule has 0 saturated carbocycles. The molecule has 8 nitrogen and oxygen atoms in total. The maximum atomic E-state index is 12.5. The summed E-state index contributed by atoms with van der Waals surface area (Å²) in [5, 5.41) is 15.8. The minimum atomic E-state index is -0.109. The standard InChI is InChI=1S/C25H26N6O2/c1-17-9-11-18(12-10-17)24-27-23(33-30-24)14-13-22(32)26-20-7-5-6-19(16-20)25-29-28-21-8-3-2-4-15-31(21)25/h5-7,9-12,16H,2-4,8,13-15H2,1H3,(H,26,32). The maximum Gasteiger partial charge on any atom is 0.227 e. The van der Waals surface area contributed by atoms with Gasteiger partial charge in [0.25, 0.3) is 0 Å². The van der Waals surface area contributed by atoms with Gasteiger partial charge in [-0.2, -0.15) is 4.98 Å². The minimum Gasteiger partial charge on any atom is -0.339 e. The predicted molar refractivity (Wildman–Crippen MR) is 124 cm³/mol. The third-order valence-electron chi connectivity index (χ3n) is 5.86. The van der Waals surface area contributed by atoms with Crippen molar-refractivity contribution in [1.82, 2.24) is 24.9 Å². The fourth-order valence-electron chi connectivity index (χ4n) is 4.05. The Labute approximate surface area is 192 Å².